The second kappa shape index (κ2) is 4.97. The minimum absolute atomic E-state index is 0.0162. The van der Waals surface area contributed by atoms with Gasteiger partial charge in [-0.05, 0) is 30.7 Å². The van der Waals surface area contributed by atoms with Crippen molar-refractivity contribution in [3.8, 4) is 0 Å². The zero-order valence-corrected chi connectivity index (χ0v) is 12.6. The van der Waals surface area contributed by atoms with Crippen LogP contribution in [0.15, 0.2) is 46.2 Å². The van der Waals surface area contributed by atoms with Crippen LogP contribution in [0.3, 0.4) is 0 Å². The van der Waals surface area contributed by atoms with Crippen LogP contribution >= 0.6 is 11.3 Å². The number of nitrogens with one attached hydrogen (secondary N) is 2. The molecule has 21 heavy (non-hydrogen) atoms. The van der Waals surface area contributed by atoms with Crippen LogP contribution in [0.25, 0.3) is 10.2 Å². The molecule has 8 heteroatoms. The maximum atomic E-state index is 12.2. The highest BCUT2D eigenvalue weighted by atomic mass is 32.2. The van der Waals surface area contributed by atoms with Crippen LogP contribution in [0.4, 0.5) is 5.13 Å². The molecule has 0 saturated heterocycles. The van der Waals surface area contributed by atoms with Gasteiger partial charge < -0.3 is 4.98 Å². The van der Waals surface area contributed by atoms with E-state index in [9.17, 15) is 13.2 Å². The summed E-state index contributed by atoms with van der Waals surface area (Å²) in [5.74, 6) is 0. The Morgan fingerprint density at radius 1 is 1.24 bits per heavy atom. The fourth-order valence-corrected chi connectivity index (χ4v) is 3.98. The zero-order valence-electron chi connectivity index (χ0n) is 11.0. The molecular weight excluding hydrogens is 310 g/mol. The number of anilines is 1. The van der Waals surface area contributed by atoms with Gasteiger partial charge >= 0.3 is 0 Å². The van der Waals surface area contributed by atoms with Crippen molar-refractivity contribution in [2.75, 3.05) is 4.72 Å². The van der Waals surface area contributed by atoms with Crippen molar-refractivity contribution in [3.05, 3.63) is 52.4 Å². The minimum Gasteiger partial charge on any atom is -0.328 e. The van der Waals surface area contributed by atoms with E-state index < -0.39 is 10.0 Å². The molecule has 2 heterocycles. The summed E-state index contributed by atoms with van der Waals surface area (Å²) in [6.07, 6.45) is 1.15. The van der Waals surface area contributed by atoms with Crippen molar-refractivity contribution in [1.29, 1.82) is 0 Å². The molecular formula is C13H11N3O3S2. The number of aromatic amines is 1. The average Bonchev–Trinajstić information content (AvgIpc) is 2.79. The van der Waals surface area contributed by atoms with Gasteiger partial charge in [-0.2, -0.15) is 0 Å². The Hall–Kier alpha value is -2.19. The third-order valence-electron chi connectivity index (χ3n) is 2.83. The molecule has 0 saturated carbocycles. The van der Waals surface area contributed by atoms with E-state index in [2.05, 4.69) is 14.7 Å². The SMILES string of the molecule is Cc1ccc2nc(NS(=O)(=O)c3ccc(=O)[nH]c3)sc2c1. The summed E-state index contributed by atoms with van der Waals surface area (Å²) in [7, 11) is -3.76. The summed E-state index contributed by atoms with van der Waals surface area (Å²) in [5, 5.41) is 0.293. The number of nitrogens with zero attached hydrogens (tertiary/aromatic N) is 1. The molecule has 0 fully saturated rings. The molecule has 0 atom stereocenters. The third-order valence-corrected chi connectivity index (χ3v) is 5.23. The Balaban J connectivity index is 1.96. The van der Waals surface area contributed by atoms with Crippen LogP contribution in [0, 0.1) is 6.92 Å². The first-order valence-corrected chi connectivity index (χ1v) is 8.33. The first-order chi connectivity index (χ1) is 9.94. The summed E-state index contributed by atoms with van der Waals surface area (Å²) < 4.78 is 27.7. The van der Waals surface area contributed by atoms with Crippen molar-refractivity contribution < 1.29 is 8.42 Å². The van der Waals surface area contributed by atoms with Crippen LogP contribution in [0.1, 0.15) is 5.56 Å². The van der Waals surface area contributed by atoms with E-state index in [1.807, 2.05) is 25.1 Å². The number of H-pyrrole nitrogens is 1. The number of sulfonamides is 1. The first kappa shape index (κ1) is 13.8. The number of thiazole rings is 1. The Morgan fingerprint density at radius 2 is 2.05 bits per heavy atom. The summed E-state index contributed by atoms with van der Waals surface area (Å²) >= 11 is 1.26. The van der Waals surface area contributed by atoms with E-state index in [1.54, 1.807) is 0 Å². The molecule has 3 aromatic rings. The largest absolute Gasteiger partial charge is 0.328 e. The van der Waals surface area contributed by atoms with Crippen molar-refractivity contribution >= 4 is 36.7 Å². The topological polar surface area (TPSA) is 91.9 Å². The standard InChI is InChI=1S/C13H11N3O3S2/c1-8-2-4-10-11(6-8)20-13(15-10)16-21(18,19)9-3-5-12(17)14-7-9/h2-7H,1H3,(H,14,17)(H,15,16). The van der Waals surface area contributed by atoms with Gasteiger partial charge in [0, 0.05) is 12.3 Å². The molecule has 6 nitrogen and oxygen atoms in total. The van der Waals surface area contributed by atoms with Gasteiger partial charge in [0.15, 0.2) is 5.13 Å². The number of pyridine rings is 1. The molecule has 0 unspecified atom stereocenters. The van der Waals surface area contributed by atoms with Gasteiger partial charge in [0.25, 0.3) is 10.0 Å². The van der Waals surface area contributed by atoms with Crippen LogP contribution in [-0.2, 0) is 10.0 Å². The molecule has 0 aliphatic carbocycles. The molecule has 3 rings (SSSR count). The van der Waals surface area contributed by atoms with E-state index in [1.165, 1.54) is 17.4 Å². The molecule has 0 aliphatic heterocycles. The second-order valence-corrected chi connectivity index (χ2v) is 7.20. The zero-order chi connectivity index (χ0) is 15.0. The molecule has 2 N–H and O–H groups in total. The Labute approximate surface area is 124 Å². The van der Waals surface area contributed by atoms with Crippen LogP contribution in [0.5, 0.6) is 0 Å². The molecule has 2 aromatic heterocycles. The van der Waals surface area contributed by atoms with Crippen molar-refractivity contribution in [3.63, 3.8) is 0 Å². The monoisotopic (exact) mass is 321 g/mol. The van der Waals surface area contributed by atoms with Gasteiger partial charge in [-0.1, -0.05) is 17.4 Å². The molecule has 0 bridgehead atoms. The van der Waals surface area contributed by atoms with Gasteiger partial charge in [0.1, 0.15) is 4.90 Å². The quantitative estimate of drug-likeness (QED) is 0.772. The third kappa shape index (κ3) is 2.81. The Bertz CT molecular complexity index is 953. The predicted molar refractivity (Wildman–Crippen MR) is 82.2 cm³/mol. The van der Waals surface area contributed by atoms with Crippen LogP contribution in [0.2, 0.25) is 0 Å². The van der Waals surface area contributed by atoms with Crippen molar-refractivity contribution in [2.45, 2.75) is 11.8 Å². The Kier molecular flexibility index (Phi) is 3.26. The van der Waals surface area contributed by atoms with Crippen molar-refractivity contribution in [1.82, 2.24) is 9.97 Å². The highest BCUT2D eigenvalue weighted by molar-refractivity contribution is 7.93. The van der Waals surface area contributed by atoms with E-state index in [4.69, 9.17) is 0 Å². The second-order valence-electron chi connectivity index (χ2n) is 4.48. The maximum Gasteiger partial charge on any atom is 0.265 e. The van der Waals surface area contributed by atoms with Gasteiger partial charge in [0.05, 0.1) is 10.2 Å². The molecule has 0 aliphatic rings. The number of aryl methyl sites for hydroxylation is 1. The number of hydrogen-bond donors (Lipinski definition) is 2. The van der Waals surface area contributed by atoms with Gasteiger partial charge in [-0.3, -0.25) is 9.52 Å². The van der Waals surface area contributed by atoms with E-state index >= 15 is 0 Å². The maximum absolute atomic E-state index is 12.2. The van der Waals surface area contributed by atoms with E-state index in [0.717, 1.165) is 28.0 Å². The highest BCUT2D eigenvalue weighted by Crippen LogP contribution is 2.28. The number of benzene rings is 1. The van der Waals surface area contributed by atoms with Gasteiger partial charge in [-0.25, -0.2) is 13.4 Å². The number of rotatable bonds is 3. The lowest BCUT2D eigenvalue weighted by Crippen LogP contribution is -2.15. The summed E-state index contributed by atoms with van der Waals surface area (Å²) in [4.78, 5) is 17.5. The molecule has 0 amide bonds. The first-order valence-electron chi connectivity index (χ1n) is 6.03. The number of hydrogen-bond acceptors (Lipinski definition) is 5. The number of fused-ring (bicyclic) bond motifs is 1. The van der Waals surface area contributed by atoms with Crippen LogP contribution < -0.4 is 10.3 Å². The lowest BCUT2D eigenvalue weighted by Gasteiger charge is -2.03. The average molecular weight is 321 g/mol. The van der Waals surface area contributed by atoms with Gasteiger partial charge in [-0.15, -0.1) is 0 Å². The lowest BCUT2D eigenvalue weighted by atomic mass is 10.2. The van der Waals surface area contributed by atoms with Crippen LogP contribution in [-0.4, -0.2) is 18.4 Å². The summed E-state index contributed by atoms with van der Waals surface area (Å²) in [5.41, 5.74) is 1.47. The smallest absolute Gasteiger partial charge is 0.265 e. The predicted octanol–water partition coefficient (Wildman–Crippen LogP) is 2.09. The summed E-state index contributed by atoms with van der Waals surface area (Å²) in [6.45, 7) is 1.96. The molecule has 1 aromatic carbocycles. The molecule has 108 valence electrons. The van der Waals surface area contributed by atoms with E-state index in [0.29, 0.717) is 5.13 Å². The fraction of sp³-hybridized carbons (Fsp3) is 0.0769. The van der Waals surface area contributed by atoms with Gasteiger partial charge in [0.2, 0.25) is 5.56 Å². The van der Waals surface area contributed by atoms with Crippen molar-refractivity contribution in [2.24, 2.45) is 0 Å². The summed E-state index contributed by atoms with van der Waals surface area (Å²) in [6, 6.07) is 8.13. The fourth-order valence-electron chi connectivity index (χ4n) is 1.81. The van der Waals surface area contributed by atoms with E-state index in [-0.39, 0.29) is 10.5 Å². The minimum atomic E-state index is -3.76. The molecule has 0 spiro atoms. The molecule has 0 radical (unpaired) electrons. The number of aromatic nitrogens is 2. The highest BCUT2D eigenvalue weighted by Gasteiger charge is 2.16. The lowest BCUT2D eigenvalue weighted by molar-refractivity contribution is 0.600. The normalized spacial score (nSPS) is 11.7. The Morgan fingerprint density at radius 3 is 2.76 bits per heavy atom.